The first kappa shape index (κ1) is 24.5. The van der Waals surface area contributed by atoms with Crippen molar-refractivity contribution in [2.75, 3.05) is 20.8 Å². The predicted octanol–water partition coefficient (Wildman–Crippen LogP) is 4.55. The van der Waals surface area contributed by atoms with E-state index in [-0.39, 0.29) is 24.0 Å². The number of rotatable bonds is 9. The van der Waals surface area contributed by atoms with E-state index in [9.17, 15) is 0 Å². The first-order valence-electron chi connectivity index (χ1n) is 9.25. The monoisotopic (exact) mass is 518 g/mol. The molecule has 0 radical (unpaired) electrons. The molecule has 0 saturated heterocycles. The molecule has 0 bridgehead atoms. The van der Waals surface area contributed by atoms with E-state index < -0.39 is 0 Å². The van der Waals surface area contributed by atoms with Crippen LogP contribution in [-0.2, 0) is 13.1 Å². The van der Waals surface area contributed by atoms with E-state index in [1.165, 1.54) is 0 Å². The molecule has 0 amide bonds. The summed E-state index contributed by atoms with van der Waals surface area (Å²) in [5, 5.41) is 9.80. The van der Waals surface area contributed by atoms with Gasteiger partial charge < -0.3 is 20.1 Å². The summed E-state index contributed by atoms with van der Waals surface area (Å²) < 4.78 is 11.1. The van der Waals surface area contributed by atoms with Gasteiger partial charge in [-0.3, -0.25) is 4.99 Å². The number of aliphatic imine (C=N–C) groups is 1. The molecular formula is C20H31IN4O2S. The van der Waals surface area contributed by atoms with Gasteiger partial charge in [-0.1, -0.05) is 26.8 Å². The lowest BCUT2D eigenvalue weighted by atomic mass is 10.2. The zero-order valence-corrected chi connectivity index (χ0v) is 20.4. The van der Waals surface area contributed by atoms with Crippen molar-refractivity contribution in [2.24, 2.45) is 4.99 Å². The number of thiazole rings is 1. The molecule has 6 nitrogen and oxygen atoms in total. The van der Waals surface area contributed by atoms with Gasteiger partial charge in [0.1, 0.15) is 5.01 Å². The van der Waals surface area contributed by atoms with E-state index in [1.54, 1.807) is 25.5 Å². The molecule has 0 fully saturated rings. The van der Waals surface area contributed by atoms with Gasteiger partial charge in [-0.15, -0.1) is 35.3 Å². The van der Waals surface area contributed by atoms with Crippen molar-refractivity contribution in [3.8, 4) is 11.5 Å². The van der Waals surface area contributed by atoms with Crippen LogP contribution in [0.25, 0.3) is 0 Å². The van der Waals surface area contributed by atoms with Gasteiger partial charge in [0.15, 0.2) is 17.5 Å². The number of methoxy groups -OCH3 is 1. The van der Waals surface area contributed by atoms with Gasteiger partial charge in [-0.25, -0.2) is 4.98 Å². The minimum atomic E-state index is 0. The van der Waals surface area contributed by atoms with Gasteiger partial charge in [0, 0.05) is 19.0 Å². The van der Waals surface area contributed by atoms with Crippen molar-refractivity contribution in [3.05, 3.63) is 39.8 Å². The van der Waals surface area contributed by atoms with Crippen molar-refractivity contribution in [3.63, 3.8) is 0 Å². The number of nitrogens with one attached hydrogen (secondary N) is 2. The first-order chi connectivity index (χ1) is 13.1. The molecule has 2 rings (SSSR count). The SMILES string of the molecule is CCCOc1ccc(CNC(=NC)NCc2nc(C(C)C)cs2)cc1OC.I. The van der Waals surface area contributed by atoms with Crippen LogP contribution in [0.4, 0.5) is 0 Å². The fourth-order valence-corrected chi connectivity index (χ4v) is 3.29. The second kappa shape index (κ2) is 12.8. The quantitative estimate of drug-likeness (QED) is 0.290. The lowest BCUT2D eigenvalue weighted by Gasteiger charge is -2.14. The molecule has 0 unspecified atom stereocenters. The Morgan fingerprint density at radius 2 is 1.96 bits per heavy atom. The number of guanidine groups is 1. The van der Waals surface area contributed by atoms with Crippen LogP contribution >= 0.6 is 35.3 Å². The van der Waals surface area contributed by atoms with Crippen LogP contribution in [-0.4, -0.2) is 31.7 Å². The number of hydrogen-bond donors (Lipinski definition) is 2. The van der Waals surface area contributed by atoms with Crippen LogP contribution in [0.5, 0.6) is 11.5 Å². The summed E-state index contributed by atoms with van der Waals surface area (Å²) >= 11 is 1.67. The number of aromatic nitrogens is 1. The van der Waals surface area contributed by atoms with Gasteiger partial charge in [-0.2, -0.15) is 0 Å². The largest absolute Gasteiger partial charge is 0.493 e. The fourth-order valence-electron chi connectivity index (χ4n) is 2.39. The number of hydrogen-bond acceptors (Lipinski definition) is 5. The van der Waals surface area contributed by atoms with Crippen LogP contribution in [0.1, 0.15) is 49.4 Å². The minimum absolute atomic E-state index is 0. The molecular weight excluding hydrogens is 487 g/mol. The van der Waals surface area contributed by atoms with Crippen LogP contribution in [0.3, 0.4) is 0 Å². The number of ether oxygens (including phenoxy) is 2. The van der Waals surface area contributed by atoms with E-state index >= 15 is 0 Å². The molecule has 0 atom stereocenters. The molecule has 8 heteroatoms. The molecule has 1 heterocycles. The Morgan fingerprint density at radius 1 is 1.21 bits per heavy atom. The van der Waals surface area contributed by atoms with E-state index in [2.05, 4.69) is 46.8 Å². The zero-order valence-electron chi connectivity index (χ0n) is 17.2. The zero-order chi connectivity index (χ0) is 19.6. The Hall–Kier alpha value is -1.55. The summed E-state index contributed by atoms with van der Waals surface area (Å²) in [6.45, 7) is 8.36. The first-order valence-corrected chi connectivity index (χ1v) is 10.1. The second-order valence-electron chi connectivity index (χ2n) is 6.43. The highest BCUT2D eigenvalue weighted by atomic mass is 127. The van der Waals surface area contributed by atoms with Gasteiger partial charge in [0.05, 0.1) is 26.0 Å². The average Bonchev–Trinajstić information content (AvgIpc) is 3.16. The van der Waals surface area contributed by atoms with Crippen molar-refractivity contribution < 1.29 is 9.47 Å². The third-order valence-electron chi connectivity index (χ3n) is 3.94. The third-order valence-corrected chi connectivity index (χ3v) is 4.81. The Kier molecular flexibility index (Phi) is 11.2. The average molecular weight is 518 g/mol. The highest BCUT2D eigenvalue weighted by Crippen LogP contribution is 2.28. The topological polar surface area (TPSA) is 67.8 Å². The number of benzene rings is 1. The Balaban J connectivity index is 0.00000392. The Labute approximate surface area is 189 Å². The molecule has 2 N–H and O–H groups in total. The van der Waals surface area contributed by atoms with Crippen LogP contribution in [0, 0.1) is 0 Å². The molecule has 0 saturated carbocycles. The highest BCUT2D eigenvalue weighted by Gasteiger charge is 2.08. The Morgan fingerprint density at radius 3 is 2.57 bits per heavy atom. The standard InChI is InChI=1S/C20H30N4O2S.HI/c1-6-9-26-17-8-7-15(10-18(17)25-5)11-22-20(21-4)23-12-19-24-16(13-27-19)14(2)3;/h7-8,10,13-14H,6,9,11-12H2,1-5H3,(H2,21,22,23);1H. The van der Waals surface area contributed by atoms with Crippen molar-refractivity contribution in [2.45, 2.75) is 46.2 Å². The van der Waals surface area contributed by atoms with E-state index in [4.69, 9.17) is 9.47 Å². The molecule has 0 spiro atoms. The number of halogens is 1. The maximum absolute atomic E-state index is 5.70. The summed E-state index contributed by atoms with van der Waals surface area (Å²) in [4.78, 5) is 8.91. The van der Waals surface area contributed by atoms with Crippen LogP contribution in [0.2, 0.25) is 0 Å². The Bertz CT molecular complexity index is 750. The third kappa shape index (κ3) is 7.46. The summed E-state index contributed by atoms with van der Waals surface area (Å²) in [6, 6.07) is 5.97. The molecule has 28 heavy (non-hydrogen) atoms. The summed E-state index contributed by atoms with van der Waals surface area (Å²) in [5.41, 5.74) is 2.23. The summed E-state index contributed by atoms with van der Waals surface area (Å²) in [6.07, 6.45) is 0.964. The smallest absolute Gasteiger partial charge is 0.191 e. The molecule has 0 aliphatic heterocycles. The van der Waals surface area contributed by atoms with Crippen molar-refractivity contribution >= 4 is 41.3 Å². The maximum atomic E-state index is 5.70. The summed E-state index contributed by atoms with van der Waals surface area (Å²) in [7, 11) is 3.42. The minimum Gasteiger partial charge on any atom is -0.493 e. The molecule has 1 aromatic carbocycles. The highest BCUT2D eigenvalue weighted by molar-refractivity contribution is 14.0. The fraction of sp³-hybridized carbons (Fsp3) is 0.500. The van der Waals surface area contributed by atoms with Gasteiger partial charge in [-0.05, 0) is 30.0 Å². The molecule has 1 aromatic heterocycles. The van der Waals surface area contributed by atoms with Crippen LogP contribution in [0.15, 0.2) is 28.6 Å². The van der Waals surface area contributed by atoms with Crippen molar-refractivity contribution in [1.29, 1.82) is 0 Å². The van der Waals surface area contributed by atoms with Gasteiger partial charge >= 0.3 is 0 Å². The van der Waals surface area contributed by atoms with Crippen molar-refractivity contribution in [1.82, 2.24) is 15.6 Å². The predicted molar refractivity (Wildman–Crippen MR) is 127 cm³/mol. The van der Waals surface area contributed by atoms with E-state index in [1.807, 2.05) is 18.2 Å². The molecule has 156 valence electrons. The summed E-state index contributed by atoms with van der Waals surface area (Å²) in [5.74, 6) is 2.71. The molecule has 2 aromatic rings. The lowest BCUT2D eigenvalue weighted by molar-refractivity contribution is 0.294. The van der Waals surface area contributed by atoms with E-state index in [0.29, 0.717) is 25.6 Å². The molecule has 0 aliphatic carbocycles. The van der Waals surface area contributed by atoms with Gasteiger partial charge in [0.2, 0.25) is 0 Å². The van der Waals surface area contributed by atoms with E-state index in [0.717, 1.165) is 40.1 Å². The maximum Gasteiger partial charge on any atom is 0.191 e. The normalized spacial score (nSPS) is 11.1. The van der Waals surface area contributed by atoms with Crippen LogP contribution < -0.4 is 20.1 Å². The number of nitrogens with zero attached hydrogens (tertiary/aromatic N) is 2. The lowest BCUT2D eigenvalue weighted by Crippen LogP contribution is -2.36. The second-order valence-corrected chi connectivity index (χ2v) is 7.38. The van der Waals surface area contributed by atoms with Gasteiger partial charge in [0.25, 0.3) is 0 Å². The molecule has 0 aliphatic rings.